The molecule has 0 saturated carbocycles. The fourth-order valence-corrected chi connectivity index (χ4v) is 1.65. The third kappa shape index (κ3) is 3.37. The minimum Gasteiger partial charge on any atom is -0.406 e. The first-order valence-corrected chi connectivity index (χ1v) is 5.43. The van der Waals surface area contributed by atoms with E-state index in [9.17, 15) is 13.2 Å². The van der Waals surface area contributed by atoms with Gasteiger partial charge >= 0.3 is 6.36 Å². The number of rotatable bonds is 2. The molecule has 0 unspecified atom stereocenters. The van der Waals surface area contributed by atoms with E-state index in [0.29, 0.717) is 16.9 Å². The second kappa shape index (κ2) is 4.79. The average Bonchev–Trinajstić information content (AvgIpc) is 2.28. The predicted molar refractivity (Wildman–Crippen MR) is 65.5 cm³/mol. The molecule has 0 aliphatic heterocycles. The number of pyridine rings is 1. The number of aryl methyl sites for hydroxylation is 1. The van der Waals surface area contributed by atoms with E-state index < -0.39 is 6.36 Å². The van der Waals surface area contributed by atoms with Gasteiger partial charge in [-0.1, -0.05) is 0 Å². The van der Waals surface area contributed by atoms with Gasteiger partial charge in [0.15, 0.2) is 0 Å². The Hall–Kier alpha value is -2.24. The summed E-state index contributed by atoms with van der Waals surface area (Å²) in [6.07, 6.45) is -3.05. The van der Waals surface area contributed by atoms with Crippen LogP contribution < -0.4 is 10.5 Å². The van der Waals surface area contributed by atoms with Crippen LogP contribution in [0.1, 0.15) is 5.56 Å². The number of nitrogens with zero attached hydrogens (tertiary/aromatic N) is 1. The molecule has 0 bridgehead atoms. The highest BCUT2D eigenvalue weighted by Crippen LogP contribution is 2.28. The summed E-state index contributed by atoms with van der Waals surface area (Å²) in [5, 5.41) is 0. The van der Waals surface area contributed by atoms with E-state index in [4.69, 9.17) is 5.73 Å². The van der Waals surface area contributed by atoms with Gasteiger partial charge in [-0.2, -0.15) is 0 Å². The van der Waals surface area contributed by atoms with Gasteiger partial charge in [-0.05, 0) is 42.8 Å². The van der Waals surface area contributed by atoms with Gasteiger partial charge in [-0.15, -0.1) is 13.2 Å². The molecule has 1 heterocycles. The first-order chi connectivity index (χ1) is 8.85. The standard InChI is InChI=1S/C13H11F3N2O/c1-8-6-11(17)12(18-7-8)9-2-4-10(5-3-9)19-13(14,15)16/h2-7H,17H2,1H3. The topological polar surface area (TPSA) is 48.1 Å². The number of nitrogens with two attached hydrogens (primary N) is 1. The number of aromatic nitrogens is 1. The highest BCUT2D eigenvalue weighted by atomic mass is 19.4. The summed E-state index contributed by atoms with van der Waals surface area (Å²) >= 11 is 0. The highest BCUT2D eigenvalue weighted by Gasteiger charge is 2.30. The lowest BCUT2D eigenvalue weighted by molar-refractivity contribution is -0.274. The van der Waals surface area contributed by atoms with Crippen LogP contribution in [0.4, 0.5) is 18.9 Å². The molecule has 0 aliphatic carbocycles. The predicted octanol–water partition coefficient (Wildman–Crippen LogP) is 3.54. The van der Waals surface area contributed by atoms with Crippen molar-refractivity contribution in [3.63, 3.8) is 0 Å². The second-order valence-corrected chi connectivity index (χ2v) is 4.02. The SMILES string of the molecule is Cc1cnc(-c2ccc(OC(F)(F)F)cc2)c(N)c1. The Labute approximate surface area is 107 Å². The number of alkyl halides is 3. The van der Waals surface area contributed by atoms with Crippen molar-refractivity contribution in [3.05, 3.63) is 42.1 Å². The fraction of sp³-hybridized carbons (Fsp3) is 0.154. The van der Waals surface area contributed by atoms with Gasteiger partial charge in [-0.25, -0.2) is 0 Å². The van der Waals surface area contributed by atoms with E-state index in [-0.39, 0.29) is 5.75 Å². The van der Waals surface area contributed by atoms with E-state index in [1.54, 1.807) is 12.3 Å². The number of anilines is 1. The van der Waals surface area contributed by atoms with Crippen molar-refractivity contribution in [1.29, 1.82) is 0 Å². The molecule has 2 aromatic rings. The number of nitrogen functional groups attached to an aromatic ring is 1. The summed E-state index contributed by atoms with van der Waals surface area (Å²) in [5.41, 5.74) is 8.37. The number of hydrogen-bond acceptors (Lipinski definition) is 3. The molecule has 19 heavy (non-hydrogen) atoms. The molecule has 0 fully saturated rings. The van der Waals surface area contributed by atoms with Crippen molar-refractivity contribution in [2.45, 2.75) is 13.3 Å². The fourth-order valence-electron chi connectivity index (χ4n) is 1.65. The van der Waals surface area contributed by atoms with Crippen molar-refractivity contribution in [3.8, 4) is 17.0 Å². The monoisotopic (exact) mass is 268 g/mol. The molecule has 0 saturated heterocycles. The molecule has 2 rings (SSSR count). The van der Waals surface area contributed by atoms with Gasteiger partial charge < -0.3 is 10.5 Å². The van der Waals surface area contributed by atoms with Crippen LogP contribution in [0.2, 0.25) is 0 Å². The molecule has 0 aliphatic rings. The Morgan fingerprint density at radius 3 is 2.32 bits per heavy atom. The first-order valence-electron chi connectivity index (χ1n) is 5.43. The van der Waals surface area contributed by atoms with Gasteiger partial charge in [-0.3, -0.25) is 4.98 Å². The minimum absolute atomic E-state index is 0.276. The van der Waals surface area contributed by atoms with Gasteiger partial charge in [0.1, 0.15) is 5.75 Å². The Kier molecular flexibility index (Phi) is 3.33. The zero-order valence-corrected chi connectivity index (χ0v) is 10.0. The molecule has 0 spiro atoms. The van der Waals surface area contributed by atoms with Crippen LogP contribution >= 0.6 is 0 Å². The van der Waals surface area contributed by atoms with Crippen LogP contribution in [0.3, 0.4) is 0 Å². The molecule has 100 valence electrons. The number of halogens is 3. The summed E-state index contributed by atoms with van der Waals surface area (Å²) < 4.78 is 39.8. The van der Waals surface area contributed by atoms with Crippen LogP contribution in [-0.2, 0) is 0 Å². The van der Waals surface area contributed by atoms with Crippen molar-refractivity contribution >= 4 is 5.69 Å². The Morgan fingerprint density at radius 2 is 1.79 bits per heavy atom. The Bertz CT molecular complexity index is 579. The Balaban J connectivity index is 2.27. The van der Waals surface area contributed by atoms with Gasteiger partial charge in [0.05, 0.1) is 11.4 Å². The average molecular weight is 268 g/mol. The normalized spacial score (nSPS) is 11.4. The summed E-state index contributed by atoms with van der Waals surface area (Å²) in [6.45, 7) is 1.85. The molecular weight excluding hydrogens is 257 g/mol. The minimum atomic E-state index is -4.69. The van der Waals surface area contributed by atoms with Crippen LogP contribution in [0.5, 0.6) is 5.75 Å². The van der Waals surface area contributed by atoms with Crippen LogP contribution in [0, 0.1) is 6.92 Å². The molecule has 1 aromatic heterocycles. The number of benzene rings is 1. The quantitative estimate of drug-likeness (QED) is 0.906. The molecule has 6 heteroatoms. The third-order valence-electron chi connectivity index (χ3n) is 2.42. The van der Waals surface area contributed by atoms with Crippen molar-refractivity contribution < 1.29 is 17.9 Å². The summed E-state index contributed by atoms with van der Waals surface area (Å²) in [5.74, 6) is -0.276. The molecule has 0 amide bonds. The highest BCUT2D eigenvalue weighted by molar-refractivity contribution is 5.73. The largest absolute Gasteiger partial charge is 0.573 e. The molecule has 0 radical (unpaired) electrons. The summed E-state index contributed by atoms with van der Waals surface area (Å²) in [7, 11) is 0. The van der Waals surface area contributed by atoms with E-state index >= 15 is 0 Å². The number of hydrogen-bond donors (Lipinski definition) is 1. The van der Waals surface area contributed by atoms with Gasteiger partial charge in [0.25, 0.3) is 0 Å². The maximum atomic E-state index is 12.0. The van der Waals surface area contributed by atoms with Crippen LogP contribution in [0.15, 0.2) is 36.5 Å². The van der Waals surface area contributed by atoms with E-state index in [1.165, 1.54) is 24.3 Å². The Morgan fingerprint density at radius 1 is 1.16 bits per heavy atom. The van der Waals surface area contributed by atoms with Crippen LogP contribution in [0.25, 0.3) is 11.3 Å². The maximum absolute atomic E-state index is 12.0. The molecule has 0 atom stereocenters. The smallest absolute Gasteiger partial charge is 0.406 e. The zero-order chi connectivity index (χ0) is 14.0. The van der Waals surface area contributed by atoms with E-state index in [0.717, 1.165) is 5.56 Å². The molecule has 1 aromatic carbocycles. The zero-order valence-electron chi connectivity index (χ0n) is 10.0. The van der Waals surface area contributed by atoms with Crippen molar-refractivity contribution in [2.75, 3.05) is 5.73 Å². The summed E-state index contributed by atoms with van der Waals surface area (Å²) in [4.78, 5) is 4.16. The van der Waals surface area contributed by atoms with Crippen molar-refractivity contribution in [2.24, 2.45) is 0 Å². The third-order valence-corrected chi connectivity index (χ3v) is 2.42. The maximum Gasteiger partial charge on any atom is 0.573 e. The first kappa shape index (κ1) is 13.2. The van der Waals surface area contributed by atoms with Gasteiger partial charge in [0.2, 0.25) is 0 Å². The lowest BCUT2D eigenvalue weighted by Gasteiger charge is -2.10. The number of ether oxygens (including phenoxy) is 1. The molecule has 3 nitrogen and oxygen atoms in total. The molecular formula is C13H11F3N2O. The van der Waals surface area contributed by atoms with E-state index in [1.807, 2.05) is 6.92 Å². The van der Waals surface area contributed by atoms with Gasteiger partial charge in [0, 0.05) is 11.8 Å². The van der Waals surface area contributed by atoms with Crippen LogP contribution in [-0.4, -0.2) is 11.3 Å². The summed E-state index contributed by atoms with van der Waals surface area (Å²) in [6, 6.07) is 7.17. The second-order valence-electron chi connectivity index (χ2n) is 4.02. The van der Waals surface area contributed by atoms with Crippen molar-refractivity contribution in [1.82, 2.24) is 4.98 Å². The lowest BCUT2D eigenvalue weighted by atomic mass is 10.1. The lowest BCUT2D eigenvalue weighted by Crippen LogP contribution is -2.16. The van der Waals surface area contributed by atoms with E-state index in [2.05, 4.69) is 9.72 Å². The molecule has 2 N–H and O–H groups in total.